The van der Waals surface area contributed by atoms with Crippen LogP contribution in [0.25, 0.3) is 0 Å². The number of ether oxygens (including phenoxy) is 3. The van der Waals surface area contributed by atoms with E-state index in [1.165, 1.54) is 11.8 Å². The van der Waals surface area contributed by atoms with E-state index in [4.69, 9.17) is 9.47 Å². The summed E-state index contributed by atoms with van der Waals surface area (Å²) in [6.07, 6.45) is 1.45. The van der Waals surface area contributed by atoms with Gasteiger partial charge < -0.3 is 19.1 Å². The molecule has 1 amide bonds. The van der Waals surface area contributed by atoms with Gasteiger partial charge in [0.2, 0.25) is 5.91 Å². The first-order chi connectivity index (χ1) is 10.9. The van der Waals surface area contributed by atoms with Gasteiger partial charge in [-0.1, -0.05) is 0 Å². The van der Waals surface area contributed by atoms with E-state index in [9.17, 15) is 19.2 Å². The van der Waals surface area contributed by atoms with Gasteiger partial charge >= 0.3 is 17.9 Å². The van der Waals surface area contributed by atoms with Crippen LogP contribution in [0.5, 0.6) is 0 Å². The number of carbonyl (C=O) groups excluding carboxylic acids is 4. The Bertz CT molecular complexity index is 500. The van der Waals surface area contributed by atoms with E-state index in [2.05, 4.69) is 4.74 Å². The monoisotopic (exact) mass is 327 g/mol. The van der Waals surface area contributed by atoms with Crippen LogP contribution in [0.3, 0.4) is 0 Å². The van der Waals surface area contributed by atoms with Crippen LogP contribution in [0, 0.1) is 0 Å². The Morgan fingerprint density at radius 3 is 2.22 bits per heavy atom. The zero-order chi connectivity index (χ0) is 17.4. The van der Waals surface area contributed by atoms with Crippen LogP contribution < -0.4 is 0 Å². The van der Waals surface area contributed by atoms with Crippen molar-refractivity contribution in [2.24, 2.45) is 0 Å². The van der Waals surface area contributed by atoms with Gasteiger partial charge in [0, 0.05) is 25.5 Å². The second-order valence-electron chi connectivity index (χ2n) is 4.82. The molecule has 0 saturated carbocycles. The molecule has 0 N–H and O–H groups in total. The molecule has 0 aromatic heterocycles. The lowest BCUT2D eigenvalue weighted by atomic mass is 10.2. The number of amides is 1. The summed E-state index contributed by atoms with van der Waals surface area (Å²) >= 11 is 0. The first-order valence-corrected chi connectivity index (χ1v) is 7.38. The molecule has 1 saturated heterocycles. The summed E-state index contributed by atoms with van der Waals surface area (Å²) in [5.74, 6) is -2.21. The minimum Gasteiger partial charge on any atom is -0.464 e. The van der Waals surface area contributed by atoms with Crippen molar-refractivity contribution >= 4 is 23.8 Å². The minimum atomic E-state index is -0.765. The summed E-state index contributed by atoms with van der Waals surface area (Å²) in [6.45, 7) is 5.16. The van der Waals surface area contributed by atoms with Gasteiger partial charge in [0.1, 0.15) is 12.1 Å². The van der Waals surface area contributed by atoms with Gasteiger partial charge in [0.15, 0.2) is 0 Å². The zero-order valence-corrected chi connectivity index (χ0v) is 13.4. The number of hydrogen-bond donors (Lipinski definition) is 0. The van der Waals surface area contributed by atoms with Gasteiger partial charge in [-0.2, -0.15) is 0 Å². The molecule has 0 radical (unpaired) electrons. The Morgan fingerprint density at radius 1 is 1.04 bits per heavy atom. The highest BCUT2D eigenvalue weighted by Gasteiger charge is 2.40. The number of rotatable bonds is 6. The summed E-state index contributed by atoms with van der Waals surface area (Å²) in [5, 5.41) is 0. The predicted molar refractivity (Wildman–Crippen MR) is 78.1 cm³/mol. The van der Waals surface area contributed by atoms with Gasteiger partial charge in [-0.15, -0.1) is 0 Å². The Balaban J connectivity index is 2.61. The first kappa shape index (κ1) is 18.7. The highest BCUT2D eigenvalue weighted by Crippen LogP contribution is 2.22. The van der Waals surface area contributed by atoms with E-state index in [1.54, 1.807) is 13.8 Å². The summed E-state index contributed by atoms with van der Waals surface area (Å²) in [4.78, 5) is 47.5. The zero-order valence-electron chi connectivity index (χ0n) is 13.4. The van der Waals surface area contributed by atoms with E-state index >= 15 is 0 Å². The topological polar surface area (TPSA) is 99.2 Å². The number of esters is 3. The smallest absolute Gasteiger partial charge is 0.331 e. The van der Waals surface area contributed by atoms with Crippen molar-refractivity contribution in [2.75, 3.05) is 19.8 Å². The third-order valence-electron chi connectivity index (χ3n) is 3.15. The molecule has 128 valence electrons. The molecule has 1 aliphatic heterocycles. The van der Waals surface area contributed by atoms with Crippen molar-refractivity contribution in [2.45, 2.75) is 39.3 Å². The number of nitrogens with zero attached hydrogens (tertiary/aromatic N) is 1. The third-order valence-corrected chi connectivity index (χ3v) is 3.15. The number of likely N-dealkylation sites (tertiary alicyclic amines) is 1. The summed E-state index contributed by atoms with van der Waals surface area (Å²) in [7, 11) is 0. The van der Waals surface area contributed by atoms with Crippen molar-refractivity contribution in [3.63, 3.8) is 0 Å². The van der Waals surface area contributed by atoms with E-state index < -0.39 is 30.1 Å². The molecule has 0 aromatic carbocycles. The fraction of sp³-hybridized carbons (Fsp3) is 0.600. The quantitative estimate of drug-likeness (QED) is 0.390. The van der Waals surface area contributed by atoms with Crippen molar-refractivity contribution in [3.8, 4) is 0 Å². The largest absolute Gasteiger partial charge is 0.464 e. The van der Waals surface area contributed by atoms with E-state index in [0.29, 0.717) is 0 Å². The Kier molecular flexibility index (Phi) is 7.24. The van der Waals surface area contributed by atoms with Crippen molar-refractivity contribution < 1.29 is 33.4 Å². The molecule has 1 fully saturated rings. The third kappa shape index (κ3) is 5.72. The SMILES string of the molecule is CCOC(=O)/C=C/C(=O)O[C@@H]1C[C@@H](C(=O)OCC)N(C(C)=O)C1. The molecule has 8 heteroatoms. The van der Waals surface area contributed by atoms with Crippen LogP contribution in [-0.2, 0) is 33.4 Å². The molecule has 0 aliphatic carbocycles. The van der Waals surface area contributed by atoms with Gasteiger partial charge in [-0.3, -0.25) is 4.79 Å². The van der Waals surface area contributed by atoms with Crippen molar-refractivity contribution in [1.82, 2.24) is 4.90 Å². The maximum atomic E-state index is 11.8. The van der Waals surface area contributed by atoms with Gasteiger partial charge in [0.05, 0.1) is 19.8 Å². The second kappa shape index (κ2) is 8.92. The average molecular weight is 327 g/mol. The molecule has 8 nitrogen and oxygen atoms in total. The van der Waals surface area contributed by atoms with E-state index in [1.807, 2.05) is 0 Å². The lowest BCUT2D eigenvalue weighted by molar-refractivity contribution is -0.152. The maximum absolute atomic E-state index is 11.8. The molecular weight excluding hydrogens is 306 g/mol. The average Bonchev–Trinajstić information content (AvgIpc) is 2.90. The molecule has 0 spiro atoms. The minimum absolute atomic E-state index is 0.109. The first-order valence-electron chi connectivity index (χ1n) is 7.38. The lowest BCUT2D eigenvalue weighted by Crippen LogP contribution is -2.40. The van der Waals surface area contributed by atoms with Gasteiger partial charge in [0.25, 0.3) is 0 Å². The fourth-order valence-electron chi connectivity index (χ4n) is 2.22. The molecular formula is C15H21NO7. The van der Waals surface area contributed by atoms with E-state index in [-0.39, 0.29) is 32.1 Å². The Hall–Kier alpha value is -2.38. The van der Waals surface area contributed by atoms with E-state index in [0.717, 1.165) is 12.2 Å². The van der Waals surface area contributed by atoms with Gasteiger partial charge in [-0.25, -0.2) is 14.4 Å². The summed E-state index contributed by atoms with van der Waals surface area (Å²) in [5.41, 5.74) is 0. The maximum Gasteiger partial charge on any atom is 0.331 e. The Morgan fingerprint density at radius 2 is 1.65 bits per heavy atom. The summed E-state index contributed by atoms with van der Waals surface area (Å²) < 4.78 is 14.7. The molecule has 0 aromatic rings. The standard InChI is InChI=1S/C15H21NO7/c1-4-21-13(18)6-7-14(19)23-11-8-12(15(20)22-5-2)16(9-11)10(3)17/h6-7,11-12H,4-5,8-9H2,1-3H3/b7-6+/t11-,12+/m1/s1. The van der Waals surface area contributed by atoms with Crippen LogP contribution in [0.4, 0.5) is 0 Å². The molecule has 0 unspecified atom stereocenters. The molecule has 1 heterocycles. The van der Waals surface area contributed by atoms with Crippen LogP contribution >= 0.6 is 0 Å². The van der Waals surface area contributed by atoms with Crippen LogP contribution in [-0.4, -0.2) is 60.6 Å². The molecule has 23 heavy (non-hydrogen) atoms. The fourth-order valence-corrected chi connectivity index (χ4v) is 2.22. The van der Waals surface area contributed by atoms with Crippen molar-refractivity contribution in [3.05, 3.63) is 12.2 Å². The Labute approximate surface area is 134 Å². The number of carbonyl (C=O) groups is 4. The van der Waals surface area contributed by atoms with Crippen LogP contribution in [0.15, 0.2) is 12.2 Å². The molecule has 1 rings (SSSR count). The highest BCUT2D eigenvalue weighted by atomic mass is 16.6. The second-order valence-corrected chi connectivity index (χ2v) is 4.82. The summed E-state index contributed by atoms with van der Waals surface area (Å²) in [6, 6.07) is -0.765. The van der Waals surface area contributed by atoms with Crippen LogP contribution in [0.1, 0.15) is 27.2 Å². The normalized spacial score (nSPS) is 20.4. The predicted octanol–water partition coefficient (Wildman–Crippen LogP) is 0.201. The highest BCUT2D eigenvalue weighted by molar-refractivity contribution is 5.92. The lowest BCUT2D eigenvalue weighted by Gasteiger charge is -2.20. The molecule has 2 atom stereocenters. The molecule has 1 aliphatic rings. The van der Waals surface area contributed by atoms with Crippen LogP contribution in [0.2, 0.25) is 0 Å². The van der Waals surface area contributed by atoms with Gasteiger partial charge in [-0.05, 0) is 13.8 Å². The molecule has 0 bridgehead atoms. The van der Waals surface area contributed by atoms with Crippen molar-refractivity contribution in [1.29, 1.82) is 0 Å². The number of hydrogen-bond acceptors (Lipinski definition) is 7.